The zero-order valence-electron chi connectivity index (χ0n) is 10.7. The summed E-state index contributed by atoms with van der Waals surface area (Å²) < 4.78 is 58.6. The third-order valence-corrected chi connectivity index (χ3v) is 4.18. The average Bonchev–Trinajstić information content (AvgIpc) is 2.38. The molecule has 0 spiro atoms. The highest BCUT2D eigenvalue weighted by atomic mass is 32.2. The van der Waals surface area contributed by atoms with E-state index in [1.54, 1.807) is 0 Å². The Morgan fingerprint density at radius 3 is 2.40 bits per heavy atom. The highest BCUT2D eigenvalue weighted by molar-refractivity contribution is 7.79. The van der Waals surface area contributed by atoms with Crippen molar-refractivity contribution >= 4 is 16.8 Å². The third kappa shape index (κ3) is 3.73. The van der Waals surface area contributed by atoms with Crippen molar-refractivity contribution in [1.82, 2.24) is 0 Å². The summed E-state index contributed by atoms with van der Waals surface area (Å²) in [4.78, 5) is -0.605. The fourth-order valence-electron chi connectivity index (χ4n) is 2.48. The van der Waals surface area contributed by atoms with E-state index >= 15 is 0 Å². The Bertz CT molecular complexity index is 499. The molecular weight excluding hydrogens is 291 g/mol. The molecule has 112 valence electrons. The number of alkyl halides is 3. The molecule has 0 bridgehead atoms. The Morgan fingerprint density at radius 2 is 1.85 bits per heavy atom. The molecule has 1 aromatic carbocycles. The van der Waals surface area contributed by atoms with Crippen molar-refractivity contribution in [2.24, 2.45) is 0 Å². The molecule has 1 atom stereocenters. The van der Waals surface area contributed by atoms with Crippen LogP contribution in [0, 0.1) is 0 Å². The maximum absolute atomic E-state index is 12.9. The fraction of sp³-hybridized carbons (Fsp3) is 0.538. The molecule has 1 unspecified atom stereocenters. The monoisotopic (exact) mass is 307 g/mol. The molecule has 0 saturated heterocycles. The number of rotatable bonds is 3. The highest BCUT2D eigenvalue weighted by Gasteiger charge is 2.35. The lowest BCUT2D eigenvalue weighted by atomic mass is 9.95. The molecule has 1 fully saturated rings. The molecule has 1 saturated carbocycles. The van der Waals surface area contributed by atoms with Crippen LogP contribution < -0.4 is 5.32 Å². The average molecular weight is 307 g/mol. The van der Waals surface area contributed by atoms with E-state index in [9.17, 15) is 17.4 Å². The van der Waals surface area contributed by atoms with Crippen molar-refractivity contribution in [1.29, 1.82) is 0 Å². The molecular formula is C13H16F3NO2S. The van der Waals surface area contributed by atoms with Crippen LogP contribution in [0.3, 0.4) is 0 Å². The number of halogens is 3. The van der Waals surface area contributed by atoms with E-state index in [0.717, 1.165) is 44.2 Å². The molecule has 20 heavy (non-hydrogen) atoms. The molecule has 2 N–H and O–H groups in total. The van der Waals surface area contributed by atoms with Gasteiger partial charge in [-0.15, -0.1) is 0 Å². The van der Waals surface area contributed by atoms with Crippen molar-refractivity contribution in [2.75, 3.05) is 5.32 Å². The topological polar surface area (TPSA) is 49.3 Å². The molecule has 0 aliphatic heterocycles. The summed E-state index contributed by atoms with van der Waals surface area (Å²) in [5.41, 5.74) is -0.711. The quantitative estimate of drug-likeness (QED) is 0.829. The van der Waals surface area contributed by atoms with Gasteiger partial charge in [0.1, 0.15) is 0 Å². The van der Waals surface area contributed by atoms with E-state index in [1.165, 1.54) is 6.07 Å². The predicted molar refractivity (Wildman–Crippen MR) is 71.0 cm³/mol. The Kier molecular flexibility index (Phi) is 4.70. The fourth-order valence-corrected chi connectivity index (χ4v) is 3.02. The van der Waals surface area contributed by atoms with Gasteiger partial charge in [0.2, 0.25) is 0 Å². The molecule has 1 aromatic rings. The minimum atomic E-state index is -4.64. The summed E-state index contributed by atoms with van der Waals surface area (Å²) in [6, 6.07) is 3.57. The first-order valence-electron chi connectivity index (χ1n) is 6.46. The van der Waals surface area contributed by atoms with Gasteiger partial charge < -0.3 is 9.87 Å². The molecule has 0 amide bonds. The molecule has 3 nitrogen and oxygen atoms in total. The Morgan fingerprint density at radius 1 is 1.20 bits per heavy atom. The van der Waals surface area contributed by atoms with Gasteiger partial charge in [-0.3, -0.25) is 0 Å². The SMILES string of the molecule is O=S(O)c1ccc(NC2CCCCC2)cc1C(F)(F)F. The maximum Gasteiger partial charge on any atom is 0.417 e. The van der Waals surface area contributed by atoms with Crippen LogP contribution in [0.2, 0.25) is 0 Å². The number of benzene rings is 1. The van der Waals surface area contributed by atoms with Gasteiger partial charge in [0.15, 0.2) is 11.1 Å². The molecule has 1 aliphatic rings. The van der Waals surface area contributed by atoms with Crippen molar-refractivity contribution < 1.29 is 21.9 Å². The van der Waals surface area contributed by atoms with Crippen LogP contribution in [0.5, 0.6) is 0 Å². The zero-order chi connectivity index (χ0) is 14.8. The second-order valence-corrected chi connectivity index (χ2v) is 5.88. The number of anilines is 1. The third-order valence-electron chi connectivity index (χ3n) is 3.45. The molecule has 0 heterocycles. The van der Waals surface area contributed by atoms with Gasteiger partial charge in [-0.25, -0.2) is 4.21 Å². The minimum absolute atomic E-state index is 0.176. The van der Waals surface area contributed by atoms with Crippen LogP contribution in [0.15, 0.2) is 23.1 Å². The lowest BCUT2D eigenvalue weighted by Crippen LogP contribution is -2.22. The van der Waals surface area contributed by atoms with Crippen LogP contribution >= 0.6 is 0 Å². The van der Waals surface area contributed by atoms with Gasteiger partial charge in [-0.1, -0.05) is 19.3 Å². The minimum Gasteiger partial charge on any atom is -0.382 e. The standard InChI is InChI=1S/C13H16F3NO2S/c14-13(15,16)11-8-10(6-7-12(11)20(18)19)17-9-4-2-1-3-5-9/h6-9,17H,1-5H2,(H,18,19). The van der Waals surface area contributed by atoms with Crippen molar-refractivity contribution in [3.05, 3.63) is 23.8 Å². The van der Waals surface area contributed by atoms with Crippen LogP contribution in [-0.4, -0.2) is 14.8 Å². The normalized spacial score (nSPS) is 18.8. The first kappa shape index (κ1) is 15.3. The zero-order valence-corrected chi connectivity index (χ0v) is 11.6. The van der Waals surface area contributed by atoms with Crippen molar-refractivity contribution in [2.45, 2.75) is 49.2 Å². The van der Waals surface area contributed by atoms with Crippen LogP contribution in [0.4, 0.5) is 18.9 Å². The smallest absolute Gasteiger partial charge is 0.382 e. The first-order valence-corrected chi connectivity index (χ1v) is 7.57. The predicted octanol–water partition coefficient (Wildman–Crippen LogP) is 4.03. The number of nitrogens with one attached hydrogen (secondary N) is 1. The number of hydrogen-bond donors (Lipinski definition) is 2. The van der Waals surface area contributed by atoms with Crippen molar-refractivity contribution in [3.8, 4) is 0 Å². The van der Waals surface area contributed by atoms with Crippen LogP contribution in [0.1, 0.15) is 37.7 Å². The van der Waals surface area contributed by atoms with E-state index in [-0.39, 0.29) is 6.04 Å². The van der Waals surface area contributed by atoms with Crippen LogP contribution in [-0.2, 0) is 17.3 Å². The Hall–Kier alpha value is -1.08. The second-order valence-electron chi connectivity index (χ2n) is 4.94. The van der Waals surface area contributed by atoms with Gasteiger partial charge in [-0.05, 0) is 31.0 Å². The first-order chi connectivity index (χ1) is 9.38. The molecule has 1 aliphatic carbocycles. The summed E-state index contributed by atoms with van der Waals surface area (Å²) in [5.74, 6) is 0. The van der Waals surface area contributed by atoms with Gasteiger partial charge in [-0.2, -0.15) is 13.2 Å². The maximum atomic E-state index is 12.9. The van der Waals surface area contributed by atoms with Gasteiger partial charge in [0.05, 0.1) is 10.5 Å². The lowest BCUT2D eigenvalue weighted by Gasteiger charge is -2.24. The number of hydrogen-bond acceptors (Lipinski definition) is 2. The van der Waals surface area contributed by atoms with Gasteiger partial charge >= 0.3 is 6.18 Å². The van der Waals surface area contributed by atoms with E-state index in [0.29, 0.717) is 5.69 Å². The molecule has 7 heteroatoms. The molecule has 0 aromatic heterocycles. The van der Waals surface area contributed by atoms with E-state index in [4.69, 9.17) is 4.55 Å². The van der Waals surface area contributed by atoms with Crippen molar-refractivity contribution in [3.63, 3.8) is 0 Å². The molecule has 2 rings (SSSR count). The van der Waals surface area contributed by atoms with Gasteiger partial charge in [0.25, 0.3) is 0 Å². The summed E-state index contributed by atoms with van der Waals surface area (Å²) in [6.07, 6.45) is 0.543. The second kappa shape index (κ2) is 6.13. The largest absolute Gasteiger partial charge is 0.417 e. The Labute approximate surface area is 117 Å². The van der Waals surface area contributed by atoms with E-state index < -0.39 is 27.7 Å². The lowest BCUT2D eigenvalue weighted by molar-refractivity contribution is -0.139. The summed E-state index contributed by atoms with van der Waals surface area (Å²) >= 11 is -2.65. The van der Waals surface area contributed by atoms with E-state index in [2.05, 4.69) is 5.32 Å². The Balaban J connectivity index is 2.25. The summed E-state index contributed by atoms with van der Waals surface area (Å²) in [7, 11) is 0. The summed E-state index contributed by atoms with van der Waals surface area (Å²) in [6.45, 7) is 0. The molecule has 0 radical (unpaired) electrons. The highest BCUT2D eigenvalue weighted by Crippen LogP contribution is 2.35. The summed E-state index contributed by atoms with van der Waals surface area (Å²) in [5, 5.41) is 3.08. The van der Waals surface area contributed by atoms with Crippen LogP contribution in [0.25, 0.3) is 0 Å². The van der Waals surface area contributed by atoms with Gasteiger partial charge in [0, 0.05) is 11.7 Å². The van der Waals surface area contributed by atoms with E-state index in [1.807, 2.05) is 0 Å².